The van der Waals surface area contributed by atoms with Crippen molar-refractivity contribution in [3.05, 3.63) is 113 Å². The number of nitrogens with two attached hydrogens (primary N) is 1. The Hall–Kier alpha value is -5.41. The molecule has 5 aromatic rings. The van der Waals surface area contributed by atoms with Crippen molar-refractivity contribution in [1.82, 2.24) is 39.3 Å². The molecule has 3 N–H and O–H groups in total. The normalized spacial score (nSPS) is 17.9. The fraction of sp³-hybridized carbons (Fsp3) is 0.435. The van der Waals surface area contributed by atoms with Crippen molar-refractivity contribution in [3.63, 3.8) is 0 Å². The zero-order chi connectivity index (χ0) is 52.5. The van der Waals surface area contributed by atoms with Gasteiger partial charge in [-0.25, -0.2) is 42.0 Å². The van der Waals surface area contributed by atoms with Crippen LogP contribution in [0.1, 0.15) is 45.2 Å². The minimum Gasteiger partial charge on any atom is -0.793 e. The maximum Gasteiger partial charge on any atom is 1.00 e. The van der Waals surface area contributed by atoms with E-state index < -0.39 is 86.2 Å². The molecule has 4 heterocycles. The van der Waals surface area contributed by atoms with Crippen LogP contribution in [0.5, 0.6) is 5.75 Å². The molecule has 1 amide bonds. The number of rotatable bonds is 20. The number of carbonyl (C=O) groups excluding carboxylic acids is 3. The van der Waals surface area contributed by atoms with Gasteiger partial charge in [-0.1, -0.05) is 13.0 Å². The molecule has 2 aliphatic rings. The Morgan fingerprint density at radius 1 is 0.947 bits per heavy atom. The molecule has 7 rings (SSSR count). The monoisotopic (exact) mass is 1080 g/mol. The van der Waals surface area contributed by atoms with E-state index in [4.69, 9.17) is 29.4 Å². The van der Waals surface area contributed by atoms with Crippen molar-refractivity contribution in [2.24, 2.45) is 16.4 Å². The van der Waals surface area contributed by atoms with Gasteiger partial charge >= 0.3 is 76.9 Å². The zero-order valence-corrected chi connectivity index (χ0v) is 47.2. The van der Waals surface area contributed by atoms with Crippen LogP contribution in [0, 0.1) is 17.6 Å². The van der Waals surface area contributed by atoms with Crippen molar-refractivity contribution in [2.45, 2.75) is 64.2 Å². The first-order valence-corrected chi connectivity index (χ1v) is 24.6. The van der Waals surface area contributed by atoms with Crippen LogP contribution >= 0.6 is 7.75 Å². The van der Waals surface area contributed by atoms with Crippen LogP contribution in [0.15, 0.2) is 95.3 Å². The number of carbonyl (C=O) groups is 3. The summed E-state index contributed by atoms with van der Waals surface area (Å²) in [6.45, 7) is 7.25. The van der Waals surface area contributed by atoms with Crippen molar-refractivity contribution in [1.29, 1.82) is 0 Å². The smallest absolute Gasteiger partial charge is 0.793 e. The van der Waals surface area contributed by atoms with Crippen LogP contribution in [0.3, 0.4) is 0 Å². The predicted octanol–water partition coefficient (Wildman–Crippen LogP) is -4.18. The van der Waals surface area contributed by atoms with Gasteiger partial charge in [-0.2, -0.15) is 10.2 Å². The van der Waals surface area contributed by atoms with E-state index in [-0.39, 0.29) is 77.1 Å². The third-order valence-corrected chi connectivity index (χ3v) is 12.7. The standard InChI is InChI=1S/C46H57F2N12O12P.2Na/c1-5-40(30(2)70-45(64)72-31(3)71-42(62)22-51-41(61)23-55(4)43(49)54-73(65,66)67)60-44(63)59(29-53-60)36-9-7-34(8-10-36)56-16-18-57(19-17-56)35-11-13-37(14-12-35)68-24-32-21-46(69-25-32,26-58-28-50-27-52-58)38-15-6-33(47)20-39(38)48;;/h6-15,20,27-32,40H,5,16-19,21-26H2,1-4H3,(H,51,61)(H4,49,54,65,66,67);;/q;2*+1/p-2/t30-,31?,32+,40-,46-;;/m0../s1. The van der Waals surface area contributed by atoms with E-state index in [1.807, 2.05) is 48.5 Å². The van der Waals surface area contributed by atoms with Crippen LogP contribution in [0.2, 0.25) is 0 Å². The van der Waals surface area contributed by atoms with Crippen molar-refractivity contribution in [3.8, 4) is 11.4 Å². The number of likely N-dealkylation sites (N-methyl/N-ethyl adjacent to an activating group) is 1. The minimum atomic E-state index is -5.32. The van der Waals surface area contributed by atoms with E-state index in [1.165, 1.54) is 54.3 Å². The van der Waals surface area contributed by atoms with Gasteiger partial charge in [-0.15, -0.1) is 0 Å². The number of piperazine rings is 1. The number of esters is 1. The molecule has 392 valence electrons. The maximum absolute atomic E-state index is 15.1. The second-order valence-electron chi connectivity index (χ2n) is 17.4. The number of halogens is 2. The summed E-state index contributed by atoms with van der Waals surface area (Å²) in [5.41, 5.74) is 6.68. The molecule has 2 aromatic heterocycles. The molecule has 0 saturated carbocycles. The summed E-state index contributed by atoms with van der Waals surface area (Å²) in [6, 6.07) is 18.2. The Morgan fingerprint density at radius 3 is 2.19 bits per heavy atom. The first-order chi connectivity index (χ1) is 34.8. The molecule has 2 aliphatic heterocycles. The topological polar surface area (TPSA) is 291 Å². The van der Waals surface area contributed by atoms with E-state index in [2.05, 4.69) is 35.1 Å². The molecular weight excluding hydrogens is 1030 g/mol. The molecule has 2 saturated heterocycles. The first kappa shape index (κ1) is 60.5. The van der Waals surface area contributed by atoms with E-state index in [0.29, 0.717) is 37.5 Å². The molecule has 2 fully saturated rings. The van der Waals surface area contributed by atoms with E-state index >= 15 is 4.39 Å². The largest absolute Gasteiger partial charge is 1.00 e. The van der Waals surface area contributed by atoms with E-state index in [0.717, 1.165) is 48.5 Å². The molecule has 0 spiro atoms. The summed E-state index contributed by atoms with van der Waals surface area (Å²) < 4.78 is 74.4. The molecule has 0 aliphatic carbocycles. The van der Waals surface area contributed by atoms with Crippen molar-refractivity contribution < 1.29 is 120 Å². The fourth-order valence-corrected chi connectivity index (χ4v) is 9.00. The van der Waals surface area contributed by atoms with Gasteiger partial charge in [0.1, 0.15) is 54.6 Å². The second-order valence-corrected chi connectivity index (χ2v) is 18.5. The Labute approximate surface area is 474 Å². The number of nitrogens with one attached hydrogen (secondary N) is 1. The van der Waals surface area contributed by atoms with Gasteiger partial charge in [0.2, 0.25) is 12.2 Å². The minimum absolute atomic E-state index is 0. The number of hydrogen-bond acceptors (Lipinski definition) is 17. The molecule has 75 heavy (non-hydrogen) atoms. The number of benzene rings is 3. The summed E-state index contributed by atoms with van der Waals surface area (Å²) in [5.74, 6) is -3.24. The number of guanidine groups is 1. The van der Waals surface area contributed by atoms with Crippen LogP contribution in [0.4, 0.5) is 25.0 Å². The van der Waals surface area contributed by atoms with Gasteiger partial charge in [0.05, 0.1) is 45.8 Å². The summed E-state index contributed by atoms with van der Waals surface area (Å²) in [6.07, 6.45) is 1.53. The van der Waals surface area contributed by atoms with Crippen LogP contribution in [0.25, 0.3) is 5.69 Å². The van der Waals surface area contributed by atoms with Gasteiger partial charge in [0, 0.05) is 69.1 Å². The van der Waals surface area contributed by atoms with Gasteiger partial charge in [0.25, 0.3) is 0 Å². The number of amides is 1. The third kappa shape index (κ3) is 16.3. The van der Waals surface area contributed by atoms with Gasteiger partial charge in [-0.3, -0.25) is 9.59 Å². The van der Waals surface area contributed by atoms with Crippen molar-refractivity contribution >= 4 is 43.1 Å². The first-order valence-electron chi connectivity index (χ1n) is 23.1. The SMILES string of the molecule is CC[C@@H]([C@H](C)OC(=O)OC(C)OC(=O)CNC(=O)CN(C)C(N)=NP(=O)([O-])[O-])n1ncn(-c2ccc(N3CCN(c4ccc(OC[C@@H]5CO[C@@](Cn6cncn6)(c6ccc(F)cc6F)C5)cc4)CC3)cc2)c1=O.[Na+].[Na+]. The van der Waals surface area contributed by atoms with Gasteiger partial charge in [0.15, 0.2) is 5.96 Å². The summed E-state index contributed by atoms with van der Waals surface area (Å²) >= 11 is 0. The molecular formula is C46H55F2N12Na2O12P. The third-order valence-electron chi connectivity index (χ3n) is 12.2. The Bertz CT molecular complexity index is 2840. The van der Waals surface area contributed by atoms with Crippen LogP contribution in [-0.2, 0) is 45.2 Å². The van der Waals surface area contributed by atoms with Crippen molar-refractivity contribution in [2.75, 3.05) is 69.3 Å². The van der Waals surface area contributed by atoms with Gasteiger partial charge < -0.3 is 63.8 Å². The summed E-state index contributed by atoms with van der Waals surface area (Å²) in [4.78, 5) is 81.5. The second kappa shape index (κ2) is 27.1. The zero-order valence-electron chi connectivity index (χ0n) is 42.3. The Morgan fingerprint density at radius 2 is 1.59 bits per heavy atom. The number of anilines is 2. The number of aromatic nitrogens is 6. The maximum atomic E-state index is 15.1. The molecule has 0 bridgehead atoms. The summed E-state index contributed by atoms with van der Waals surface area (Å²) in [7, 11) is -4.13. The van der Waals surface area contributed by atoms with Crippen LogP contribution < -0.4 is 100 Å². The summed E-state index contributed by atoms with van der Waals surface area (Å²) in [5, 5.41) is 10.7. The van der Waals surface area contributed by atoms with E-state index in [9.17, 15) is 37.9 Å². The average molecular weight is 1080 g/mol. The Balaban J connectivity index is 0.00000520. The number of ether oxygens (including phenoxy) is 5. The Kier molecular flexibility index (Phi) is 21.8. The van der Waals surface area contributed by atoms with Gasteiger partial charge in [-0.05, 0) is 74.4 Å². The number of hydrogen-bond donors (Lipinski definition) is 2. The van der Waals surface area contributed by atoms with Crippen LogP contribution in [-0.4, -0.2) is 130 Å². The molecule has 5 atom stereocenters. The quantitative estimate of drug-likeness (QED) is 0.0187. The van der Waals surface area contributed by atoms with E-state index in [1.54, 1.807) is 18.5 Å². The average Bonchev–Trinajstić information content (AvgIpc) is 4.11. The number of nitrogens with zero attached hydrogens (tertiary/aromatic N) is 10. The molecule has 0 radical (unpaired) electrons. The fourth-order valence-electron chi connectivity index (χ4n) is 8.59. The molecule has 1 unspecified atom stereocenters. The molecule has 24 nitrogen and oxygen atoms in total. The predicted molar refractivity (Wildman–Crippen MR) is 253 cm³/mol. The molecule has 3 aromatic carbocycles. The molecule has 29 heteroatoms.